The Bertz CT molecular complexity index is 336. The minimum Gasteiger partial charge on any atom is -0.497 e. The largest absolute Gasteiger partial charge is 0.497 e. The molecule has 0 heterocycles. The standard InChI is InChI=1S/C12H16O3/c1-8(9(2)13)10-5-11(14-3)7-12(6-10)15-4/h5-8H,1-4H3. The zero-order valence-corrected chi connectivity index (χ0v) is 9.53. The third-order valence-corrected chi connectivity index (χ3v) is 2.48. The molecule has 1 atom stereocenters. The predicted octanol–water partition coefficient (Wildman–Crippen LogP) is 2.40. The van der Waals surface area contributed by atoms with E-state index in [1.807, 2.05) is 19.1 Å². The molecule has 82 valence electrons. The van der Waals surface area contributed by atoms with Crippen LogP contribution in [0, 0.1) is 0 Å². The molecule has 3 heteroatoms. The lowest BCUT2D eigenvalue weighted by Crippen LogP contribution is -2.04. The highest BCUT2D eigenvalue weighted by Crippen LogP contribution is 2.27. The van der Waals surface area contributed by atoms with Gasteiger partial charge < -0.3 is 9.47 Å². The molecule has 0 amide bonds. The predicted molar refractivity (Wildman–Crippen MR) is 58.6 cm³/mol. The van der Waals surface area contributed by atoms with Crippen LogP contribution in [-0.2, 0) is 4.79 Å². The molecule has 0 saturated heterocycles. The van der Waals surface area contributed by atoms with E-state index in [0.29, 0.717) is 11.5 Å². The molecule has 0 aliphatic carbocycles. The van der Waals surface area contributed by atoms with Gasteiger partial charge in [-0.05, 0) is 24.6 Å². The maximum atomic E-state index is 11.3. The molecule has 15 heavy (non-hydrogen) atoms. The molecule has 0 saturated carbocycles. The number of Topliss-reactive ketones (excluding diaryl/α,β-unsaturated/α-hetero) is 1. The van der Waals surface area contributed by atoms with E-state index in [1.165, 1.54) is 0 Å². The van der Waals surface area contributed by atoms with Crippen molar-refractivity contribution in [1.82, 2.24) is 0 Å². The van der Waals surface area contributed by atoms with E-state index in [1.54, 1.807) is 27.2 Å². The monoisotopic (exact) mass is 208 g/mol. The lowest BCUT2D eigenvalue weighted by molar-refractivity contribution is -0.118. The number of benzene rings is 1. The highest BCUT2D eigenvalue weighted by Gasteiger charge is 2.12. The van der Waals surface area contributed by atoms with Crippen LogP contribution in [0.25, 0.3) is 0 Å². The summed E-state index contributed by atoms with van der Waals surface area (Å²) in [4.78, 5) is 11.3. The van der Waals surface area contributed by atoms with E-state index in [0.717, 1.165) is 5.56 Å². The van der Waals surface area contributed by atoms with Gasteiger partial charge in [0.25, 0.3) is 0 Å². The molecular weight excluding hydrogens is 192 g/mol. The van der Waals surface area contributed by atoms with Gasteiger partial charge in [-0.3, -0.25) is 4.79 Å². The van der Waals surface area contributed by atoms with Gasteiger partial charge in [0.15, 0.2) is 0 Å². The van der Waals surface area contributed by atoms with Crippen LogP contribution in [-0.4, -0.2) is 20.0 Å². The number of carbonyl (C=O) groups excluding carboxylic acids is 1. The Morgan fingerprint density at radius 3 is 1.93 bits per heavy atom. The van der Waals surface area contributed by atoms with Crippen LogP contribution in [0.5, 0.6) is 11.5 Å². The summed E-state index contributed by atoms with van der Waals surface area (Å²) in [7, 11) is 3.19. The van der Waals surface area contributed by atoms with Gasteiger partial charge in [0.05, 0.1) is 14.2 Å². The zero-order valence-electron chi connectivity index (χ0n) is 9.53. The number of methoxy groups -OCH3 is 2. The van der Waals surface area contributed by atoms with Gasteiger partial charge >= 0.3 is 0 Å². The van der Waals surface area contributed by atoms with Gasteiger partial charge in [-0.15, -0.1) is 0 Å². The molecule has 0 N–H and O–H groups in total. The minimum atomic E-state index is -0.131. The van der Waals surface area contributed by atoms with E-state index in [4.69, 9.17) is 9.47 Å². The third kappa shape index (κ3) is 2.72. The average molecular weight is 208 g/mol. The molecule has 1 rings (SSSR count). The summed E-state index contributed by atoms with van der Waals surface area (Å²) in [5.41, 5.74) is 0.915. The van der Waals surface area contributed by atoms with Crippen LogP contribution in [0.2, 0.25) is 0 Å². The van der Waals surface area contributed by atoms with Gasteiger partial charge in [-0.2, -0.15) is 0 Å². The molecule has 1 aromatic rings. The molecule has 0 radical (unpaired) electrons. The first-order valence-corrected chi connectivity index (χ1v) is 4.82. The normalized spacial score (nSPS) is 12.0. The summed E-state index contributed by atoms with van der Waals surface area (Å²) >= 11 is 0. The van der Waals surface area contributed by atoms with Gasteiger partial charge in [0, 0.05) is 12.0 Å². The third-order valence-electron chi connectivity index (χ3n) is 2.48. The Morgan fingerprint density at radius 1 is 1.13 bits per heavy atom. The molecule has 0 aromatic heterocycles. The van der Waals surface area contributed by atoms with Crippen molar-refractivity contribution in [1.29, 1.82) is 0 Å². The van der Waals surface area contributed by atoms with Gasteiger partial charge in [0.1, 0.15) is 17.3 Å². The average Bonchev–Trinajstić information content (AvgIpc) is 2.27. The molecular formula is C12H16O3. The number of ketones is 1. The van der Waals surface area contributed by atoms with Crippen molar-refractivity contribution in [3.8, 4) is 11.5 Å². The molecule has 0 fully saturated rings. The number of ether oxygens (including phenoxy) is 2. The zero-order chi connectivity index (χ0) is 11.4. The second-order valence-corrected chi connectivity index (χ2v) is 3.48. The molecule has 3 nitrogen and oxygen atoms in total. The fraction of sp³-hybridized carbons (Fsp3) is 0.417. The lowest BCUT2D eigenvalue weighted by atomic mass is 9.97. The van der Waals surface area contributed by atoms with Crippen molar-refractivity contribution < 1.29 is 14.3 Å². The smallest absolute Gasteiger partial charge is 0.136 e. The summed E-state index contributed by atoms with van der Waals surface area (Å²) in [5.74, 6) is 1.41. The van der Waals surface area contributed by atoms with Crippen LogP contribution < -0.4 is 9.47 Å². The molecule has 0 aliphatic heterocycles. The number of rotatable bonds is 4. The van der Waals surface area contributed by atoms with E-state index < -0.39 is 0 Å². The Balaban J connectivity index is 3.11. The first-order chi connectivity index (χ1) is 7.08. The van der Waals surface area contributed by atoms with Crippen LogP contribution in [0.15, 0.2) is 18.2 Å². The molecule has 1 aromatic carbocycles. The summed E-state index contributed by atoms with van der Waals surface area (Å²) in [6, 6.07) is 5.50. The molecule has 0 bridgehead atoms. The van der Waals surface area contributed by atoms with E-state index in [9.17, 15) is 4.79 Å². The van der Waals surface area contributed by atoms with Crippen LogP contribution in [0.1, 0.15) is 25.3 Å². The second-order valence-electron chi connectivity index (χ2n) is 3.48. The maximum Gasteiger partial charge on any atom is 0.136 e. The summed E-state index contributed by atoms with van der Waals surface area (Å²) in [6.07, 6.45) is 0. The Morgan fingerprint density at radius 2 is 1.60 bits per heavy atom. The quantitative estimate of drug-likeness (QED) is 0.762. The van der Waals surface area contributed by atoms with Gasteiger partial charge in [-0.25, -0.2) is 0 Å². The van der Waals surface area contributed by atoms with Crippen molar-refractivity contribution >= 4 is 5.78 Å². The Kier molecular flexibility index (Phi) is 3.72. The van der Waals surface area contributed by atoms with Crippen LogP contribution >= 0.6 is 0 Å². The van der Waals surface area contributed by atoms with Crippen LogP contribution in [0.4, 0.5) is 0 Å². The Labute approximate surface area is 90.0 Å². The maximum absolute atomic E-state index is 11.3. The molecule has 0 spiro atoms. The Hall–Kier alpha value is -1.51. The summed E-state index contributed by atoms with van der Waals surface area (Å²) < 4.78 is 10.3. The fourth-order valence-electron chi connectivity index (χ4n) is 1.31. The number of hydrogen-bond donors (Lipinski definition) is 0. The minimum absolute atomic E-state index is 0.130. The highest BCUT2D eigenvalue weighted by molar-refractivity contribution is 5.83. The van der Waals surface area contributed by atoms with E-state index in [2.05, 4.69) is 0 Å². The van der Waals surface area contributed by atoms with E-state index in [-0.39, 0.29) is 11.7 Å². The number of carbonyl (C=O) groups is 1. The van der Waals surface area contributed by atoms with Gasteiger partial charge in [0.2, 0.25) is 0 Å². The summed E-state index contributed by atoms with van der Waals surface area (Å²) in [5, 5.41) is 0. The first-order valence-electron chi connectivity index (χ1n) is 4.82. The molecule has 1 unspecified atom stereocenters. The molecule has 0 aliphatic rings. The summed E-state index contributed by atoms with van der Waals surface area (Å²) in [6.45, 7) is 3.45. The van der Waals surface area contributed by atoms with Crippen molar-refractivity contribution in [3.05, 3.63) is 23.8 Å². The van der Waals surface area contributed by atoms with Crippen molar-refractivity contribution in [3.63, 3.8) is 0 Å². The fourth-order valence-corrected chi connectivity index (χ4v) is 1.31. The van der Waals surface area contributed by atoms with Crippen molar-refractivity contribution in [2.75, 3.05) is 14.2 Å². The SMILES string of the molecule is COc1cc(OC)cc(C(C)C(C)=O)c1. The first kappa shape index (κ1) is 11.6. The lowest BCUT2D eigenvalue weighted by Gasteiger charge is -2.12. The van der Waals surface area contributed by atoms with Crippen LogP contribution in [0.3, 0.4) is 0 Å². The number of hydrogen-bond acceptors (Lipinski definition) is 3. The van der Waals surface area contributed by atoms with Crippen molar-refractivity contribution in [2.24, 2.45) is 0 Å². The van der Waals surface area contributed by atoms with E-state index >= 15 is 0 Å². The van der Waals surface area contributed by atoms with Crippen molar-refractivity contribution in [2.45, 2.75) is 19.8 Å². The second kappa shape index (κ2) is 4.82. The highest BCUT2D eigenvalue weighted by atomic mass is 16.5. The van der Waals surface area contributed by atoms with Gasteiger partial charge in [-0.1, -0.05) is 6.92 Å². The topological polar surface area (TPSA) is 35.5 Å².